The number of rotatable bonds is 4. The fourth-order valence-corrected chi connectivity index (χ4v) is 4.82. The van der Waals surface area contributed by atoms with Crippen molar-refractivity contribution in [3.05, 3.63) is 53.6 Å². The summed E-state index contributed by atoms with van der Waals surface area (Å²) in [6.45, 7) is 0. The van der Waals surface area contributed by atoms with Crippen LogP contribution in [0.2, 0.25) is 0 Å². The number of hydrogen-bond donors (Lipinski definition) is 1. The highest BCUT2D eigenvalue weighted by Crippen LogP contribution is 2.47. The van der Waals surface area contributed by atoms with Gasteiger partial charge in [-0.3, -0.25) is 4.79 Å². The normalized spacial score (nSPS) is 26.9. The highest BCUT2D eigenvalue weighted by Gasteiger charge is 2.41. The van der Waals surface area contributed by atoms with Gasteiger partial charge in [0.25, 0.3) is 5.91 Å². The summed E-state index contributed by atoms with van der Waals surface area (Å²) < 4.78 is 11.9. The SMILES string of the molecule is COc1ccc(/C=C2/C(=O)Nc3ccccc32)cc1O[C@H]1CC2CCC1C2. The number of para-hydroxylation sites is 1. The second-order valence-electron chi connectivity index (χ2n) is 7.80. The smallest absolute Gasteiger partial charge is 0.256 e. The van der Waals surface area contributed by atoms with Crippen LogP contribution in [0.25, 0.3) is 11.6 Å². The van der Waals surface area contributed by atoms with Gasteiger partial charge in [-0.1, -0.05) is 24.3 Å². The van der Waals surface area contributed by atoms with E-state index in [1.54, 1.807) is 7.11 Å². The van der Waals surface area contributed by atoms with Gasteiger partial charge in [-0.25, -0.2) is 0 Å². The molecule has 4 nitrogen and oxygen atoms in total. The molecule has 3 aliphatic rings. The molecule has 0 spiro atoms. The minimum atomic E-state index is -0.0670. The van der Waals surface area contributed by atoms with E-state index < -0.39 is 0 Å². The Balaban J connectivity index is 1.46. The molecular weight excluding hydrogens is 338 g/mol. The second-order valence-corrected chi connectivity index (χ2v) is 7.80. The first-order valence-electron chi connectivity index (χ1n) is 9.68. The van der Waals surface area contributed by atoms with Crippen molar-refractivity contribution in [3.8, 4) is 11.5 Å². The molecule has 2 aromatic carbocycles. The van der Waals surface area contributed by atoms with E-state index in [0.717, 1.165) is 40.7 Å². The molecule has 4 heteroatoms. The van der Waals surface area contributed by atoms with Crippen LogP contribution < -0.4 is 14.8 Å². The van der Waals surface area contributed by atoms with Gasteiger partial charge in [0.15, 0.2) is 11.5 Å². The van der Waals surface area contributed by atoms with E-state index in [1.165, 1.54) is 19.3 Å². The average Bonchev–Trinajstić information content (AvgIpc) is 3.37. The van der Waals surface area contributed by atoms with E-state index in [2.05, 4.69) is 5.32 Å². The molecule has 2 saturated carbocycles. The highest BCUT2D eigenvalue weighted by molar-refractivity contribution is 6.34. The first-order valence-corrected chi connectivity index (χ1v) is 9.68. The number of methoxy groups -OCH3 is 1. The zero-order valence-corrected chi connectivity index (χ0v) is 15.4. The number of anilines is 1. The van der Waals surface area contributed by atoms with Gasteiger partial charge in [0, 0.05) is 16.8 Å². The molecule has 1 amide bonds. The van der Waals surface area contributed by atoms with Crippen molar-refractivity contribution < 1.29 is 14.3 Å². The Kier molecular flexibility index (Phi) is 3.92. The van der Waals surface area contributed by atoms with Gasteiger partial charge in [-0.15, -0.1) is 0 Å². The second kappa shape index (κ2) is 6.45. The Morgan fingerprint density at radius 3 is 2.74 bits per heavy atom. The number of amides is 1. The minimum Gasteiger partial charge on any atom is -0.493 e. The minimum absolute atomic E-state index is 0.0670. The van der Waals surface area contributed by atoms with Crippen molar-refractivity contribution in [1.29, 1.82) is 0 Å². The average molecular weight is 361 g/mol. The molecule has 2 fully saturated rings. The van der Waals surface area contributed by atoms with Crippen molar-refractivity contribution in [2.45, 2.75) is 31.8 Å². The number of carbonyl (C=O) groups excluding carboxylic acids is 1. The lowest BCUT2D eigenvalue weighted by molar-refractivity contribution is -0.110. The van der Waals surface area contributed by atoms with Gasteiger partial charge in [-0.05, 0) is 67.4 Å². The standard InChI is InChI=1S/C23H23NO3/c1-26-20-9-7-15(11-18-17-4-2-3-5-19(17)24-23(18)25)13-22(20)27-21-12-14-6-8-16(21)10-14/h2-5,7,9,11,13-14,16,21H,6,8,10,12H2,1H3,(H,24,25)/b18-11+/t14?,16?,21-/m0/s1. The Morgan fingerprint density at radius 2 is 1.96 bits per heavy atom. The van der Waals surface area contributed by atoms with E-state index in [-0.39, 0.29) is 12.0 Å². The Labute approximate surface area is 159 Å². The monoisotopic (exact) mass is 361 g/mol. The summed E-state index contributed by atoms with van der Waals surface area (Å²) in [6.07, 6.45) is 7.29. The molecule has 2 bridgehead atoms. The lowest BCUT2D eigenvalue weighted by Gasteiger charge is -2.24. The molecule has 1 N–H and O–H groups in total. The molecule has 2 aromatic rings. The quantitative estimate of drug-likeness (QED) is 0.799. The lowest BCUT2D eigenvalue weighted by Crippen LogP contribution is -2.23. The van der Waals surface area contributed by atoms with Gasteiger partial charge in [0.05, 0.1) is 7.11 Å². The fraction of sp³-hybridized carbons (Fsp3) is 0.348. The largest absolute Gasteiger partial charge is 0.493 e. The summed E-state index contributed by atoms with van der Waals surface area (Å²) in [7, 11) is 1.67. The zero-order chi connectivity index (χ0) is 18.4. The van der Waals surface area contributed by atoms with Gasteiger partial charge in [-0.2, -0.15) is 0 Å². The molecule has 3 atom stereocenters. The summed E-state index contributed by atoms with van der Waals surface area (Å²) in [5.41, 5.74) is 3.42. The van der Waals surface area contributed by atoms with Crippen LogP contribution in [0.15, 0.2) is 42.5 Å². The maximum Gasteiger partial charge on any atom is 0.256 e. The van der Waals surface area contributed by atoms with E-state index in [0.29, 0.717) is 11.5 Å². The molecule has 0 saturated heterocycles. The molecule has 27 heavy (non-hydrogen) atoms. The van der Waals surface area contributed by atoms with Crippen LogP contribution in [0, 0.1) is 11.8 Å². The summed E-state index contributed by atoms with van der Waals surface area (Å²) in [5, 5.41) is 2.92. The van der Waals surface area contributed by atoms with Crippen LogP contribution in [-0.4, -0.2) is 19.1 Å². The maximum atomic E-state index is 12.4. The van der Waals surface area contributed by atoms with Gasteiger partial charge < -0.3 is 14.8 Å². The fourth-order valence-electron chi connectivity index (χ4n) is 4.82. The highest BCUT2D eigenvalue weighted by atomic mass is 16.5. The van der Waals surface area contributed by atoms with Gasteiger partial charge in [0.1, 0.15) is 6.10 Å². The van der Waals surface area contributed by atoms with Crippen molar-refractivity contribution >= 4 is 23.2 Å². The number of ether oxygens (including phenoxy) is 2. The number of carbonyl (C=O) groups is 1. The van der Waals surface area contributed by atoms with E-state index in [1.807, 2.05) is 48.5 Å². The van der Waals surface area contributed by atoms with Crippen LogP contribution in [0.5, 0.6) is 11.5 Å². The third-order valence-electron chi connectivity index (χ3n) is 6.16. The van der Waals surface area contributed by atoms with Crippen LogP contribution in [0.1, 0.15) is 36.8 Å². The molecule has 138 valence electrons. The Bertz CT molecular complexity index is 933. The number of hydrogen-bond acceptors (Lipinski definition) is 3. The third-order valence-corrected chi connectivity index (χ3v) is 6.16. The third kappa shape index (κ3) is 2.89. The Hall–Kier alpha value is -2.75. The molecule has 2 aliphatic carbocycles. The number of nitrogens with one attached hydrogen (secondary N) is 1. The molecule has 0 aromatic heterocycles. The lowest BCUT2D eigenvalue weighted by atomic mass is 9.97. The number of benzene rings is 2. The summed E-state index contributed by atoms with van der Waals surface area (Å²) in [5.74, 6) is 2.96. The van der Waals surface area contributed by atoms with Gasteiger partial charge >= 0.3 is 0 Å². The van der Waals surface area contributed by atoms with Crippen LogP contribution in [-0.2, 0) is 4.79 Å². The molecule has 0 radical (unpaired) electrons. The Morgan fingerprint density at radius 1 is 1.07 bits per heavy atom. The van der Waals surface area contributed by atoms with Crippen LogP contribution >= 0.6 is 0 Å². The van der Waals surface area contributed by atoms with E-state index in [4.69, 9.17) is 9.47 Å². The first-order chi connectivity index (χ1) is 13.2. The van der Waals surface area contributed by atoms with Gasteiger partial charge in [0.2, 0.25) is 0 Å². The van der Waals surface area contributed by atoms with Crippen molar-refractivity contribution in [2.24, 2.45) is 11.8 Å². The molecule has 1 aliphatic heterocycles. The van der Waals surface area contributed by atoms with E-state index in [9.17, 15) is 4.79 Å². The predicted octanol–water partition coefficient (Wildman–Crippen LogP) is 4.76. The van der Waals surface area contributed by atoms with Crippen LogP contribution in [0.4, 0.5) is 5.69 Å². The summed E-state index contributed by atoms with van der Waals surface area (Å²) in [6, 6.07) is 13.6. The maximum absolute atomic E-state index is 12.4. The first kappa shape index (κ1) is 16.4. The predicted molar refractivity (Wildman–Crippen MR) is 106 cm³/mol. The molecule has 2 unspecified atom stereocenters. The van der Waals surface area contributed by atoms with E-state index >= 15 is 0 Å². The number of fused-ring (bicyclic) bond motifs is 3. The van der Waals surface area contributed by atoms with Crippen molar-refractivity contribution in [2.75, 3.05) is 12.4 Å². The molecular formula is C23H23NO3. The summed E-state index contributed by atoms with van der Waals surface area (Å²) >= 11 is 0. The van der Waals surface area contributed by atoms with Crippen molar-refractivity contribution in [3.63, 3.8) is 0 Å². The summed E-state index contributed by atoms with van der Waals surface area (Å²) in [4.78, 5) is 12.4. The van der Waals surface area contributed by atoms with Crippen LogP contribution in [0.3, 0.4) is 0 Å². The van der Waals surface area contributed by atoms with Crippen molar-refractivity contribution in [1.82, 2.24) is 0 Å². The molecule has 5 rings (SSSR count). The molecule has 1 heterocycles. The zero-order valence-electron chi connectivity index (χ0n) is 15.4. The topological polar surface area (TPSA) is 47.6 Å².